The molecule has 0 aliphatic heterocycles. The molecule has 0 aliphatic carbocycles. The molecule has 1 unspecified atom stereocenters. The molecule has 0 saturated heterocycles. The molecule has 20 heavy (non-hydrogen) atoms. The molecule has 0 bridgehead atoms. The summed E-state index contributed by atoms with van der Waals surface area (Å²) < 4.78 is 55.6. The van der Waals surface area contributed by atoms with E-state index in [9.17, 15) is 18.0 Å². The number of alkyl halides is 4. The predicted molar refractivity (Wildman–Crippen MR) is 69.0 cm³/mol. The van der Waals surface area contributed by atoms with Gasteiger partial charge in [-0.25, -0.2) is 9.18 Å². The molecule has 0 fully saturated rings. The number of ether oxygens (including phenoxy) is 1. The molecule has 0 N–H and O–H groups in total. The van der Waals surface area contributed by atoms with Crippen LogP contribution in [0.1, 0.15) is 54.4 Å². The van der Waals surface area contributed by atoms with E-state index in [1.807, 2.05) is 6.92 Å². The van der Waals surface area contributed by atoms with Crippen molar-refractivity contribution in [1.82, 2.24) is 0 Å². The Balaban J connectivity index is 5.21. The van der Waals surface area contributed by atoms with Crippen molar-refractivity contribution >= 4 is 5.97 Å². The lowest BCUT2D eigenvalue weighted by Crippen LogP contribution is -2.50. The minimum absolute atomic E-state index is 0.184. The fraction of sp³-hybridized carbons (Fsp3) is 0.929. The second-order valence-electron chi connectivity index (χ2n) is 6.94. The Bertz CT molecular complexity index is 342. The third-order valence-corrected chi connectivity index (χ3v) is 3.56. The van der Waals surface area contributed by atoms with Crippen LogP contribution in [0.25, 0.3) is 0 Å². The number of halogens is 4. The van der Waals surface area contributed by atoms with Crippen molar-refractivity contribution in [2.45, 2.75) is 66.2 Å². The Morgan fingerprint density at radius 1 is 1.00 bits per heavy atom. The van der Waals surface area contributed by atoms with Crippen LogP contribution in [0.5, 0.6) is 0 Å². The first-order chi connectivity index (χ1) is 8.65. The molecule has 0 aromatic rings. The molecule has 6 heteroatoms. The van der Waals surface area contributed by atoms with Crippen molar-refractivity contribution < 1.29 is 27.1 Å². The maximum Gasteiger partial charge on any atom is 0.422 e. The zero-order valence-corrected chi connectivity index (χ0v) is 12.9. The Hall–Kier alpha value is -0.810. The van der Waals surface area contributed by atoms with E-state index in [1.165, 1.54) is 20.8 Å². The molecule has 0 saturated carbocycles. The summed E-state index contributed by atoms with van der Waals surface area (Å²) in [6.45, 7) is 8.05. The predicted octanol–water partition coefficient (Wildman–Crippen LogP) is 4.67. The van der Waals surface area contributed by atoms with Gasteiger partial charge in [0.15, 0.2) is 6.61 Å². The monoisotopic (exact) mass is 300 g/mol. The number of hydrogen-bond donors (Lipinski definition) is 0. The van der Waals surface area contributed by atoms with E-state index in [2.05, 4.69) is 4.74 Å². The Labute approximate surface area is 117 Å². The van der Waals surface area contributed by atoms with Crippen molar-refractivity contribution in [1.29, 1.82) is 0 Å². The Kier molecular flexibility index (Phi) is 5.66. The van der Waals surface area contributed by atoms with Crippen LogP contribution < -0.4 is 0 Å². The van der Waals surface area contributed by atoms with Crippen LogP contribution in [-0.4, -0.2) is 24.4 Å². The molecule has 0 radical (unpaired) electrons. The van der Waals surface area contributed by atoms with E-state index in [0.29, 0.717) is 6.42 Å². The summed E-state index contributed by atoms with van der Waals surface area (Å²) in [5, 5.41) is 0. The third-order valence-electron chi connectivity index (χ3n) is 3.56. The number of esters is 1. The van der Waals surface area contributed by atoms with Crippen LogP contribution in [0, 0.1) is 10.8 Å². The van der Waals surface area contributed by atoms with Gasteiger partial charge in [0.2, 0.25) is 5.67 Å². The number of hydrogen-bond acceptors (Lipinski definition) is 2. The molecule has 2 nitrogen and oxygen atoms in total. The highest BCUT2D eigenvalue weighted by molar-refractivity contribution is 5.80. The topological polar surface area (TPSA) is 26.3 Å². The van der Waals surface area contributed by atoms with Gasteiger partial charge in [-0.05, 0) is 11.8 Å². The van der Waals surface area contributed by atoms with Gasteiger partial charge in [0, 0.05) is 5.41 Å². The quantitative estimate of drug-likeness (QED) is 0.544. The first-order valence-corrected chi connectivity index (χ1v) is 6.57. The number of carbonyl (C=O) groups excluding carboxylic acids is 1. The smallest absolute Gasteiger partial charge is 0.422 e. The van der Waals surface area contributed by atoms with Gasteiger partial charge in [-0.2, -0.15) is 13.2 Å². The van der Waals surface area contributed by atoms with Crippen molar-refractivity contribution in [3.63, 3.8) is 0 Å². The SMILES string of the molecule is CCC(C)(C)CC(F)(C(=O)OCC(F)(F)F)C(C)(C)C. The van der Waals surface area contributed by atoms with Gasteiger partial charge in [-0.1, -0.05) is 48.0 Å². The van der Waals surface area contributed by atoms with Crippen LogP contribution in [-0.2, 0) is 9.53 Å². The molecule has 1 atom stereocenters. The van der Waals surface area contributed by atoms with Crippen LogP contribution in [0.2, 0.25) is 0 Å². The van der Waals surface area contributed by atoms with Gasteiger partial charge >= 0.3 is 12.1 Å². The average molecular weight is 300 g/mol. The summed E-state index contributed by atoms with van der Waals surface area (Å²) in [5.74, 6) is -1.44. The summed E-state index contributed by atoms with van der Waals surface area (Å²) >= 11 is 0. The highest BCUT2D eigenvalue weighted by Crippen LogP contribution is 2.45. The molecule has 120 valence electrons. The highest BCUT2D eigenvalue weighted by atomic mass is 19.4. The van der Waals surface area contributed by atoms with E-state index in [1.54, 1.807) is 13.8 Å². The first-order valence-electron chi connectivity index (χ1n) is 6.57. The lowest BCUT2D eigenvalue weighted by atomic mass is 9.68. The minimum atomic E-state index is -4.66. The molecule has 0 aliphatic rings. The van der Waals surface area contributed by atoms with E-state index in [-0.39, 0.29) is 6.42 Å². The van der Waals surface area contributed by atoms with Gasteiger partial charge in [0.25, 0.3) is 0 Å². The van der Waals surface area contributed by atoms with Crippen molar-refractivity contribution in [3.05, 3.63) is 0 Å². The lowest BCUT2D eigenvalue weighted by molar-refractivity contribution is -0.201. The zero-order valence-electron chi connectivity index (χ0n) is 12.9. The Morgan fingerprint density at radius 3 is 1.75 bits per heavy atom. The summed E-state index contributed by atoms with van der Waals surface area (Å²) in [6, 6.07) is 0. The van der Waals surface area contributed by atoms with Crippen molar-refractivity contribution in [2.75, 3.05) is 6.61 Å². The molecular formula is C14H24F4O2. The second kappa shape index (κ2) is 5.90. The minimum Gasteiger partial charge on any atom is -0.454 e. The normalized spacial score (nSPS) is 16.7. The van der Waals surface area contributed by atoms with E-state index < -0.39 is 35.3 Å². The summed E-state index contributed by atoms with van der Waals surface area (Å²) in [7, 11) is 0. The van der Waals surface area contributed by atoms with Crippen LogP contribution in [0.15, 0.2) is 0 Å². The fourth-order valence-corrected chi connectivity index (χ4v) is 1.69. The van der Waals surface area contributed by atoms with Crippen molar-refractivity contribution in [3.8, 4) is 0 Å². The molecule has 0 aromatic heterocycles. The van der Waals surface area contributed by atoms with Gasteiger partial charge < -0.3 is 4.74 Å². The molecule has 0 aromatic carbocycles. The van der Waals surface area contributed by atoms with E-state index >= 15 is 4.39 Å². The molecular weight excluding hydrogens is 276 g/mol. The summed E-state index contributed by atoms with van der Waals surface area (Å²) in [4.78, 5) is 11.9. The fourth-order valence-electron chi connectivity index (χ4n) is 1.69. The van der Waals surface area contributed by atoms with Gasteiger partial charge in [0.05, 0.1) is 0 Å². The van der Waals surface area contributed by atoms with Crippen LogP contribution in [0.4, 0.5) is 17.6 Å². The maximum atomic E-state index is 15.1. The number of carbonyl (C=O) groups is 1. The van der Waals surface area contributed by atoms with E-state index in [4.69, 9.17) is 0 Å². The van der Waals surface area contributed by atoms with Gasteiger partial charge in [-0.15, -0.1) is 0 Å². The second-order valence-corrected chi connectivity index (χ2v) is 6.94. The van der Waals surface area contributed by atoms with E-state index in [0.717, 1.165) is 0 Å². The van der Waals surface area contributed by atoms with Crippen molar-refractivity contribution in [2.24, 2.45) is 10.8 Å². The lowest BCUT2D eigenvalue weighted by Gasteiger charge is -2.40. The van der Waals surface area contributed by atoms with Gasteiger partial charge in [0.1, 0.15) is 0 Å². The first kappa shape index (κ1) is 19.2. The molecule has 0 heterocycles. The zero-order chi connectivity index (χ0) is 16.4. The van der Waals surface area contributed by atoms with Gasteiger partial charge in [-0.3, -0.25) is 0 Å². The maximum absolute atomic E-state index is 15.1. The van der Waals surface area contributed by atoms with Crippen LogP contribution in [0.3, 0.4) is 0 Å². The average Bonchev–Trinajstić information content (AvgIpc) is 2.22. The van der Waals surface area contributed by atoms with Crippen LogP contribution >= 0.6 is 0 Å². The summed E-state index contributed by atoms with van der Waals surface area (Å²) in [5.41, 5.74) is -4.13. The molecule has 0 rings (SSSR count). The number of rotatable bonds is 5. The molecule has 0 amide bonds. The summed E-state index contributed by atoms with van der Waals surface area (Å²) in [6.07, 6.45) is -4.24. The molecule has 0 spiro atoms. The Morgan fingerprint density at radius 2 is 1.45 bits per heavy atom. The third kappa shape index (κ3) is 5.29. The standard InChI is InChI=1S/C14H24F4O2/c1-7-12(5,6)8-13(15,11(2,3)4)10(19)20-9-14(16,17)18/h7-9H2,1-6H3. The largest absolute Gasteiger partial charge is 0.454 e. The highest BCUT2D eigenvalue weighted by Gasteiger charge is 2.53.